The summed E-state index contributed by atoms with van der Waals surface area (Å²) in [5.74, 6) is -2.18. The van der Waals surface area contributed by atoms with Crippen LogP contribution < -0.4 is 5.73 Å². The van der Waals surface area contributed by atoms with Gasteiger partial charge in [-0.2, -0.15) is 0 Å². The first kappa shape index (κ1) is 12.2. The van der Waals surface area contributed by atoms with E-state index in [0.29, 0.717) is 5.69 Å². The second kappa shape index (κ2) is 4.52. The van der Waals surface area contributed by atoms with Gasteiger partial charge in [-0.25, -0.2) is 8.78 Å². The molecule has 2 aromatic rings. The Morgan fingerprint density at radius 2 is 1.94 bits per heavy atom. The van der Waals surface area contributed by atoms with Gasteiger partial charge in [0.25, 0.3) is 5.91 Å². The van der Waals surface area contributed by atoms with Crippen LogP contribution in [0.1, 0.15) is 16.1 Å². The minimum atomic E-state index is -0.782. The molecule has 0 aliphatic rings. The summed E-state index contributed by atoms with van der Waals surface area (Å²) in [6, 6.07) is 6.16. The number of halogens is 2. The van der Waals surface area contributed by atoms with Crippen LogP contribution in [0.25, 0.3) is 11.3 Å². The number of nitrogens with two attached hydrogens (primary N) is 1. The van der Waals surface area contributed by atoms with E-state index in [2.05, 4.69) is 4.98 Å². The van der Waals surface area contributed by atoms with Gasteiger partial charge in [0.15, 0.2) is 0 Å². The molecule has 0 unspecified atom stereocenters. The first-order chi connectivity index (χ1) is 8.49. The van der Waals surface area contributed by atoms with Crippen molar-refractivity contribution in [3.8, 4) is 11.3 Å². The van der Waals surface area contributed by atoms with Gasteiger partial charge in [0.1, 0.15) is 11.6 Å². The number of primary amides is 1. The number of pyridine rings is 1. The highest BCUT2D eigenvalue weighted by Gasteiger charge is 2.15. The van der Waals surface area contributed by atoms with Crippen molar-refractivity contribution in [3.63, 3.8) is 0 Å². The van der Waals surface area contributed by atoms with Gasteiger partial charge in [-0.15, -0.1) is 0 Å². The maximum atomic E-state index is 13.7. The van der Waals surface area contributed by atoms with Crippen molar-refractivity contribution < 1.29 is 13.6 Å². The zero-order valence-corrected chi connectivity index (χ0v) is 9.58. The lowest BCUT2D eigenvalue weighted by atomic mass is 10.0. The number of hydrogen-bond donors (Lipinski definition) is 1. The standard InChI is InChI=1S/C13H10F2N2O/c1-7-2-4-10(13(16)18)12(17-7)9-5-3-8(14)6-11(9)15/h2-6H,1H3,(H2,16,18). The van der Waals surface area contributed by atoms with Crippen LogP contribution in [0.3, 0.4) is 0 Å². The van der Waals surface area contributed by atoms with E-state index in [0.717, 1.165) is 12.1 Å². The van der Waals surface area contributed by atoms with Gasteiger partial charge in [0.05, 0.1) is 11.3 Å². The Kier molecular flexibility index (Phi) is 3.06. The topological polar surface area (TPSA) is 56.0 Å². The minimum absolute atomic E-state index is 0.0499. The smallest absolute Gasteiger partial charge is 0.250 e. The van der Waals surface area contributed by atoms with E-state index < -0.39 is 17.5 Å². The van der Waals surface area contributed by atoms with Crippen molar-refractivity contribution in [2.24, 2.45) is 5.73 Å². The van der Waals surface area contributed by atoms with Crippen molar-refractivity contribution in [2.45, 2.75) is 6.92 Å². The lowest BCUT2D eigenvalue weighted by Gasteiger charge is -2.08. The number of aromatic nitrogens is 1. The molecule has 1 aromatic carbocycles. The number of nitrogens with zero attached hydrogens (tertiary/aromatic N) is 1. The molecule has 1 amide bonds. The molecule has 1 heterocycles. The maximum Gasteiger partial charge on any atom is 0.250 e. The second-order valence-corrected chi connectivity index (χ2v) is 3.84. The summed E-state index contributed by atoms with van der Waals surface area (Å²) in [6.45, 7) is 1.70. The highest BCUT2D eigenvalue weighted by Crippen LogP contribution is 2.25. The summed E-state index contributed by atoms with van der Waals surface area (Å²) in [6.07, 6.45) is 0. The quantitative estimate of drug-likeness (QED) is 0.887. The molecule has 92 valence electrons. The van der Waals surface area contributed by atoms with Crippen molar-refractivity contribution in [2.75, 3.05) is 0 Å². The molecular weight excluding hydrogens is 238 g/mol. The van der Waals surface area contributed by atoms with Gasteiger partial charge in [-0.3, -0.25) is 9.78 Å². The van der Waals surface area contributed by atoms with Gasteiger partial charge in [-0.05, 0) is 31.2 Å². The first-order valence-corrected chi connectivity index (χ1v) is 5.22. The SMILES string of the molecule is Cc1ccc(C(N)=O)c(-c2ccc(F)cc2F)n1. The third kappa shape index (κ3) is 2.20. The van der Waals surface area contributed by atoms with E-state index in [1.165, 1.54) is 12.1 Å². The largest absolute Gasteiger partial charge is 0.366 e. The Balaban J connectivity index is 2.69. The summed E-state index contributed by atoms with van der Waals surface area (Å²) < 4.78 is 26.5. The Morgan fingerprint density at radius 1 is 1.22 bits per heavy atom. The van der Waals surface area contributed by atoms with Gasteiger partial charge < -0.3 is 5.73 Å². The average Bonchev–Trinajstić information content (AvgIpc) is 2.28. The molecule has 0 bridgehead atoms. The predicted octanol–water partition coefficient (Wildman–Crippen LogP) is 2.43. The van der Waals surface area contributed by atoms with Gasteiger partial charge >= 0.3 is 0 Å². The van der Waals surface area contributed by atoms with Gasteiger partial charge in [0, 0.05) is 17.3 Å². The molecule has 0 saturated carbocycles. The molecule has 3 nitrogen and oxygen atoms in total. The molecular formula is C13H10F2N2O. The zero-order chi connectivity index (χ0) is 13.3. The van der Waals surface area contributed by atoms with Crippen molar-refractivity contribution in [1.29, 1.82) is 0 Å². The average molecular weight is 248 g/mol. The van der Waals surface area contributed by atoms with E-state index in [1.807, 2.05) is 0 Å². The Morgan fingerprint density at radius 3 is 2.56 bits per heavy atom. The minimum Gasteiger partial charge on any atom is -0.366 e. The molecule has 5 heteroatoms. The normalized spacial score (nSPS) is 10.4. The van der Waals surface area contributed by atoms with Crippen LogP contribution in [-0.2, 0) is 0 Å². The van der Waals surface area contributed by atoms with Crippen LogP contribution in [0, 0.1) is 18.6 Å². The fourth-order valence-corrected chi connectivity index (χ4v) is 1.64. The zero-order valence-electron chi connectivity index (χ0n) is 9.58. The molecule has 2 rings (SSSR count). The molecule has 0 atom stereocenters. The van der Waals surface area contributed by atoms with E-state index in [9.17, 15) is 13.6 Å². The summed E-state index contributed by atoms with van der Waals surface area (Å²) >= 11 is 0. The lowest BCUT2D eigenvalue weighted by molar-refractivity contribution is 0.100. The Hall–Kier alpha value is -2.30. The highest BCUT2D eigenvalue weighted by molar-refractivity contribution is 5.98. The number of carbonyl (C=O) groups excluding carboxylic acids is 1. The molecule has 2 N–H and O–H groups in total. The van der Waals surface area contributed by atoms with Crippen LogP contribution in [0.15, 0.2) is 30.3 Å². The number of aryl methyl sites for hydroxylation is 1. The molecule has 0 radical (unpaired) electrons. The third-order valence-corrected chi connectivity index (χ3v) is 2.49. The Bertz CT molecular complexity index is 626. The summed E-state index contributed by atoms with van der Waals surface area (Å²) in [5, 5.41) is 0. The fourth-order valence-electron chi connectivity index (χ4n) is 1.64. The molecule has 0 fully saturated rings. The molecule has 0 saturated heterocycles. The monoisotopic (exact) mass is 248 g/mol. The van der Waals surface area contributed by atoms with Crippen LogP contribution in [0.4, 0.5) is 8.78 Å². The number of amides is 1. The molecule has 1 aromatic heterocycles. The maximum absolute atomic E-state index is 13.7. The lowest BCUT2D eigenvalue weighted by Crippen LogP contribution is -2.13. The molecule has 18 heavy (non-hydrogen) atoms. The van der Waals surface area contributed by atoms with Crippen LogP contribution in [0.5, 0.6) is 0 Å². The van der Waals surface area contributed by atoms with E-state index >= 15 is 0 Å². The molecule has 0 aliphatic carbocycles. The summed E-state index contributed by atoms with van der Waals surface area (Å²) in [5.41, 5.74) is 6.09. The van der Waals surface area contributed by atoms with E-state index in [1.54, 1.807) is 13.0 Å². The number of rotatable bonds is 2. The fraction of sp³-hybridized carbons (Fsp3) is 0.0769. The molecule has 0 aliphatic heterocycles. The summed E-state index contributed by atoms with van der Waals surface area (Å²) in [7, 11) is 0. The number of benzene rings is 1. The second-order valence-electron chi connectivity index (χ2n) is 3.84. The molecule has 0 spiro atoms. The third-order valence-electron chi connectivity index (χ3n) is 2.49. The highest BCUT2D eigenvalue weighted by atomic mass is 19.1. The number of carbonyl (C=O) groups is 1. The predicted molar refractivity (Wildman–Crippen MR) is 62.8 cm³/mol. The number of hydrogen-bond acceptors (Lipinski definition) is 2. The van der Waals surface area contributed by atoms with Crippen molar-refractivity contribution >= 4 is 5.91 Å². The first-order valence-electron chi connectivity index (χ1n) is 5.22. The van der Waals surface area contributed by atoms with Crippen molar-refractivity contribution in [3.05, 3.63) is 53.2 Å². The van der Waals surface area contributed by atoms with E-state index in [4.69, 9.17) is 5.73 Å². The van der Waals surface area contributed by atoms with Crippen molar-refractivity contribution in [1.82, 2.24) is 4.98 Å². The Labute approximate surface area is 102 Å². The van der Waals surface area contributed by atoms with Gasteiger partial charge in [0.2, 0.25) is 0 Å². The van der Waals surface area contributed by atoms with E-state index in [-0.39, 0.29) is 16.8 Å². The van der Waals surface area contributed by atoms with Crippen LogP contribution >= 0.6 is 0 Å². The van der Waals surface area contributed by atoms with Crippen LogP contribution in [-0.4, -0.2) is 10.9 Å². The summed E-state index contributed by atoms with van der Waals surface area (Å²) in [4.78, 5) is 15.4. The van der Waals surface area contributed by atoms with Crippen LogP contribution in [0.2, 0.25) is 0 Å². The van der Waals surface area contributed by atoms with Gasteiger partial charge in [-0.1, -0.05) is 0 Å².